The SMILES string of the molecule is C#Cc1cccc(-c2cc(-c3cn(Cc4cccc(COC)n4)nn3)nc(N[C@H]3CCOC3)n2)c1. The standard InChI is InChI=1S/C26H25N7O2/c1-3-18-6-4-7-19(12-18)23-13-24(30-26(29-23)28-22-10-11-35-17-22)25-15-33(32-31-25)14-20-8-5-9-21(27-20)16-34-2/h1,4-9,12-13,15,22H,10-11,14,16-17H2,2H3,(H,28,29,30)/t22-/m0/s1. The zero-order valence-electron chi connectivity index (χ0n) is 19.4. The van der Waals surface area contributed by atoms with Gasteiger partial charge in [0, 0.05) is 24.8 Å². The van der Waals surface area contributed by atoms with Crippen LogP contribution in [0, 0.1) is 12.3 Å². The number of nitrogens with one attached hydrogen (secondary N) is 1. The number of terminal acetylenes is 1. The van der Waals surface area contributed by atoms with E-state index in [0.29, 0.717) is 37.1 Å². The van der Waals surface area contributed by atoms with Gasteiger partial charge in [-0.15, -0.1) is 11.5 Å². The summed E-state index contributed by atoms with van der Waals surface area (Å²) in [6.45, 7) is 2.29. The Morgan fingerprint density at radius 1 is 1.09 bits per heavy atom. The van der Waals surface area contributed by atoms with Crippen LogP contribution >= 0.6 is 0 Å². The molecule has 5 rings (SSSR count). The second kappa shape index (κ2) is 10.4. The third kappa shape index (κ3) is 5.51. The summed E-state index contributed by atoms with van der Waals surface area (Å²) in [7, 11) is 1.65. The summed E-state index contributed by atoms with van der Waals surface area (Å²) in [6.07, 6.45) is 8.37. The average Bonchev–Trinajstić information content (AvgIpc) is 3.57. The number of nitrogens with zero attached hydrogens (tertiary/aromatic N) is 6. The molecule has 1 aromatic carbocycles. The molecule has 0 radical (unpaired) electrons. The Labute approximate surface area is 203 Å². The maximum absolute atomic E-state index is 5.61. The fourth-order valence-corrected chi connectivity index (χ4v) is 3.89. The van der Waals surface area contributed by atoms with Gasteiger partial charge >= 0.3 is 0 Å². The molecule has 1 N–H and O–H groups in total. The maximum Gasteiger partial charge on any atom is 0.224 e. The van der Waals surface area contributed by atoms with Crippen molar-refractivity contribution < 1.29 is 9.47 Å². The zero-order valence-corrected chi connectivity index (χ0v) is 19.4. The van der Waals surface area contributed by atoms with Crippen molar-refractivity contribution in [3.8, 4) is 35.0 Å². The van der Waals surface area contributed by atoms with Gasteiger partial charge in [-0.1, -0.05) is 29.3 Å². The summed E-state index contributed by atoms with van der Waals surface area (Å²) < 4.78 is 12.4. The molecule has 0 bridgehead atoms. The molecule has 35 heavy (non-hydrogen) atoms. The number of hydrogen-bond acceptors (Lipinski definition) is 8. The molecule has 0 spiro atoms. The lowest BCUT2D eigenvalue weighted by molar-refractivity contribution is 0.181. The second-order valence-electron chi connectivity index (χ2n) is 8.25. The summed E-state index contributed by atoms with van der Waals surface area (Å²) in [5, 5.41) is 12.1. The molecule has 1 saturated heterocycles. The molecule has 9 nitrogen and oxygen atoms in total. The van der Waals surface area contributed by atoms with Gasteiger partial charge < -0.3 is 14.8 Å². The highest BCUT2D eigenvalue weighted by molar-refractivity contribution is 5.68. The number of pyridine rings is 1. The first kappa shape index (κ1) is 22.7. The molecule has 0 aliphatic carbocycles. The van der Waals surface area contributed by atoms with Crippen molar-refractivity contribution in [3.63, 3.8) is 0 Å². The van der Waals surface area contributed by atoms with Crippen LogP contribution in [0.2, 0.25) is 0 Å². The first-order valence-corrected chi connectivity index (χ1v) is 11.3. The van der Waals surface area contributed by atoms with Gasteiger partial charge in [0.1, 0.15) is 5.69 Å². The third-order valence-electron chi connectivity index (χ3n) is 5.60. The summed E-state index contributed by atoms with van der Waals surface area (Å²) >= 11 is 0. The van der Waals surface area contributed by atoms with Gasteiger partial charge in [-0.05, 0) is 36.8 Å². The zero-order chi connectivity index (χ0) is 24.0. The summed E-state index contributed by atoms with van der Waals surface area (Å²) in [6, 6.07) is 15.6. The second-order valence-corrected chi connectivity index (χ2v) is 8.25. The highest BCUT2D eigenvalue weighted by Crippen LogP contribution is 2.25. The van der Waals surface area contributed by atoms with E-state index in [-0.39, 0.29) is 6.04 Å². The van der Waals surface area contributed by atoms with Crippen LogP contribution in [0.5, 0.6) is 0 Å². The Bertz CT molecular complexity index is 1360. The van der Waals surface area contributed by atoms with E-state index in [9.17, 15) is 0 Å². The molecule has 4 aromatic rings. The van der Waals surface area contributed by atoms with E-state index in [4.69, 9.17) is 25.9 Å². The highest BCUT2D eigenvalue weighted by Gasteiger charge is 2.18. The Balaban J connectivity index is 1.46. The maximum atomic E-state index is 5.61. The minimum atomic E-state index is 0.163. The highest BCUT2D eigenvalue weighted by atomic mass is 16.5. The van der Waals surface area contributed by atoms with Gasteiger partial charge in [-0.3, -0.25) is 4.98 Å². The Kier molecular flexibility index (Phi) is 6.75. The fraction of sp³-hybridized carbons (Fsp3) is 0.269. The molecule has 1 atom stereocenters. The molecular formula is C26H25N7O2. The third-order valence-corrected chi connectivity index (χ3v) is 5.60. The lowest BCUT2D eigenvalue weighted by Crippen LogP contribution is -2.20. The van der Waals surface area contributed by atoms with Gasteiger partial charge in [0.2, 0.25) is 5.95 Å². The Morgan fingerprint density at radius 2 is 1.94 bits per heavy atom. The molecule has 0 amide bonds. The molecule has 1 aliphatic rings. The van der Waals surface area contributed by atoms with Crippen molar-refractivity contribution in [1.82, 2.24) is 29.9 Å². The van der Waals surface area contributed by atoms with Crippen molar-refractivity contribution in [3.05, 3.63) is 71.7 Å². The van der Waals surface area contributed by atoms with Crippen LogP contribution in [-0.2, 0) is 22.6 Å². The summed E-state index contributed by atoms with van der Waals surface area (Å²) in [5.41, 5.74) is 5.48. The van der Waals surface area contributed by atoms with Crippen LogP contribution < -0.4 is 5.32 Å². The van der Waals surface area contributed by atoms with Crippen LogP contribution in [0.1, 0.15) is 23.4 Å². The smallest absolute Gasteiger partial charge is 0.224 e. The van der Waals surface area contributed by atoms with Crippen LogP contribution in [0.25, 0.3) is 22.6 Å². The topological polar surface area (TPSA) is 99.9 Å². The predicted molar refractivity (Wildman–Crippen MR) is 131 cm³/mol. The number of hydrogen-bond donors (Lipinski definition) is 1. The number of benzene rings is 1. The monoisotopic (exact) mass is 467 g/mol. The molecule has 4 heterocycles. The van der Waals surface area contributed by atoms with E-state index in [1.807, 2.05) is 54.7 Å². The van der Waals surface area contributed by atoms with Gasteiger partial charge in [0.05, 0.1) is 54.8 Å². The number of aromatic nitrogens is 6. The number of rotatable bonds is 8. The quantitative estimate of drug-likeness (QED) is 0.395. The molecule has 1 aliphatic heterocycles. The molecule has 176 valence electrons. The van der Waals surface area contributed by atoms with Gasteiger partial charge in [0.15, 0.2) is 0 Å². The van der Waals surface area contributed by atoms with Gasteiger partial charge in [-0.2, -0.15) is 0 Å². The van der Waals surface area contributed by atoms with E-state index >= 15 is 0 Å². The van der Waals surface area contributed by atoms with E-state index in [2.05, 4.69) is 26.5 Å². The van der Waals surface area contributed by atoms with Crippen LogP contribution in [0.4, 0.5) is 5.95 Å². The van der Waals surface area contributed by atoms with Crippen molar-refractivity contribution in [2.45, 2.75) is 25.6 Å². The van der Waals surface area contributed by atoms with E-state index < -0.39 is 0 Å². The lowest BCUT2D eigenvalue weighted by Gasteiger charge is -2.13. The molecule has 0 saturated carbocycles. The molecule has 3 aromatic heterocycles. The van der Waals surface area contributed by atoms with E-state index in [0.717, 1.165) is 41.2 Å². The predicted octanol–water partition coefficient (Wildman–Crippen LogP) is 3.17. The largest absolute Gasteiger partial charge is 0.379 e. The average molecular weight is 468 g/mol. The minimum Gasteiger partial charge on any atom is -0.379 e. The van der Waals surface area contributed by atoms with Crippen molar-refractivity contribution >= 4 is 5.95 Å². The first-order valence-electron chi connectivity index (χ1n) is 11.3. The molecule has 9 heteroatoms. The number of anilines is 1. The number of methoxy groups -OCH3 is 1. The normalized spacial score (nSPS) is 15.1. The summed E-state index contributed by atoms with van der Waals surface area (Å²) in [4.78, 5) is 14.1. The van der Waals surface area contributed by atoms with Crippen molar-refractivity contribution in [2.75, 3.05) is 25.6 Å². The van der Waals surface area contributed by atoms with Crippen LogP contribution in [-0.4, -0.2) is 56.3 Å². The van der Waals surface area contributed by atoms with Gasteiger partial charge in [-0.25, -0.2) is 14.6 Å². The minimum absolute atomic E-state index is 0.163. The van der Waals surface area contributed by atoms with Gasteiger partial charge in [0.25, 0.3) is 0 Å². The van der Waals surface area contributed by atoms with Crippen molar-refractivity contribution in [1.29, 1.82) is 0 Å². The number of ether oxygens (including phenoxy) is 2. The molecule has 0 unspecified atom stereocenters. The Morgan fingerprint density at radius 3 is 2.77 bits per heavy atom. The summed E-state index contributed by atoms with van der Waals surface area (Å²) in [5.74, 6) is 3.20. The van der Waals surface area contributed by atoms with Crippen LogP contribution in [0.15, 0.2) is 54.7 Å². The molecular weight excluding hydrogens is 442 g/mol. The molecule has 1 fully saturated rings. The van der Waals surface area contributed by atoms with Crippen LogP contribution in [0.3, 0.4) is 0 Å². The van der Waals surface area contributed by atoms with E-state index in [1.165, 1.54) is 0 Å². The lowest BCUT2D eigenvalue weighted by atomic mass is 10.1. The van der Waals surface area contributed by atoms with Crippen molar-refractivity contribution in [2.24, 2.45) is 0 Å². The fourth-order valence-electron chi connectivity index (χ4n) is 3.89. The Hall–Kier alpha value is -4.13. The van der Waals surface area contributed by atoms with E-state index in [1.54, 1.807) is 11.8 Å². The first-order chi connectivity index (χ1) is 17.2.